The molecule has 5 heteroatoms. The number of benzene rings is 5. The van der Waals surface area contributed by atoms with E-state index in [1.165, 1.54) is 5.56 Å². The highest BCUT2D eigenvalue weighted by molar-refractivity contribution is 5.96. The Kier molecular flexibility index (Phi) is 7.65. The molecule has 1 aliphatic rings. The maximum atomic E-state index is 13.2. The second-order valence-corrected chi connectivity index (χ2v) is 10.3. The second kappa shape index (κ2) is 11.8. The van der Waals surface area contributed by atoms with Gasteiger partial charge in [-0.2, -0.15) is 0 Å². The van der Waals surface area contributed by atoms with E-state index < -0.39 is 5.72 Å². The van der Waals surface area contributed by atoms with E-state index in [9.17, 15) is 4.79 Å². The minimum absolute atomic E-state index is 0.190. The molecule has 0 aromatic heterocycles. The summed E-state index contributed by atoms with van der Waals surface area (Å²) in [6.45, 7) is 4.76. The van der Waals surface area contributed by atoms with E-state index >= 15 is 0 Å². The van der Waals surface area contributed by atoms with Gasteiger partial charge < -0.3 is 20.1 Å². The summed E-state index contributed by atoms with van der Waals surface area (Å²) >= 11 is 0. The van der Waals surface area contributed by atoms with Gasteiger partial charge in [0, 0.05) is 28.1 Å². The Bertz CT molecular complexity index is 1670. The summed E-state index contributed by atoms with van der Waals surface area (Å²) in [4.78, 5) is 13.2. The molecule has 2 N–H and O–H groups in total. The van der Waals surface area contributed by atoms with Crippen LogP contribution in [0.5, 0.6) is 5.75 Å². The highest BCUT2D eigenvalue weighted by Gasteiger charge is 2.47. The first-order chi connectivity index (χ1) is 20.6. The first kappa shape index (κ1) is 27.2. The van der Waals surface area contributed by atoms with Gasteiger partial charge in [0.2, 0.25) is 5.72 Å². The Hall–Kier alpha value is -5.03. The molecule has 210 valence electrons. The van der Waals surface area contributed by atoms with Crippen molar-refractivity contribution in [2.24, 2.45) is 0 Å². The van der Waals surface area contributed by atoms with Crippen LogP contribution in [-0.4, -0.2) is 12.6 Å². The van der Waals surface area contributed by atoms with Crippen LogP contribution in [0.3, 0.4) is 0 Å². The average molecular weight is 555 g/mol. The maximum absolute atomic E-state index is 13.2. The van der Waals surface area contributed by atoms with Crippen LogP contribution in [0.25, 0.3) is 11.1 Å². The van der Waals surface area contributed by atoms with E-state index in [-0.39, 0.29) is 12.0 Å². The van der Waals surface area contributed by atoms with Crippen molar-refractivity contribution in [1.29, 1.82) is 0 Å². The fraction of sp³-hybridized carbons (Fsp3) is 0.162. The number of hydrogen-bond acceptors (Lipinski definition) is 5. The van der Waals surface area contributed by atoms with Gasteiger partial charge in [-0.15, -0.1) is 0 Å². The van der Waals surface area contributed by atoms with Crippen LogP contribution in [0.15, 0.2) is 127 Å². The molecule has 5 aromatic rings. The molecular formula is C37H34N2O3. The minimum Gasteiger partial charge on any atom is -0.494 e. The summed E-state index contributed by atoms with van der Waals surface area (Å²) in [7, 11) is 0. The normalized spacial score (nSPS) is 16.3. The highest BCUT2D eigenvalue weighted by atomic mass is 16.6. The summed E-state index contributed by atoms with van der Waals surface area (Å²) < 4.78 is 11.9. The first-order valence-corrected chi connectivity index (χ1v) is 14.5. The lowest BCUT2D eigenvalue weighted by Gasteiger charge is -2.32. The van der Waals surface area contributed by atoms with Gasteiger partial charge in [0.1, 0.15) is 5.75 Å². The van der Waals surface area contributed by atoms with E-state index in [0.29, 0.717) is 12.2 Å². The van der Waals surface area contributed by atoms with Gasteiger partial charge in [0.05, 0.1) is 18.2 Å². The number of fused-ring (bicyclic) bond motifs is 1. The van der Waals surface area contributed by atoms with Gasteiger partial charge in [0.15, 0.2) is 0 Å². The molecule has 2 unspecified atom stereocenters. The molecule has 0 aliphatic carbocycles. The summed E-state index contributed by atoms with van der Waals surface area (Å²) in [6, 6.07) is 42.5. The molecule has 6 rings (SSSR count). The Labute approximate surface area is 247 Å². The largest absolute Gasteiger partial charge is 0.494 e. The van der Waals surface area contributed by atoms with Crippen LogP contribution < -0.4 is 15.4 Å². The lowest BCUT2D eigenvalue weighted by Crippen LogP contribution is -2.37. The quantitative estimate of drug-likeness (QED) is 0.169. The molecule has 2 atom stereocenters. The molecule has 0 fully saturated rings. The number of carbonyl (C=O) groups excluding carboxylic acids is 1. The van der Waals surface area contributed by atoms with Crippen molar-refractivity contribution < 1.29 is 14.3 Å². The van der Waals surface area contributed by atoms with Crippen LogP contribution in [0.4, 0.5) is 11.4 Å². The monoisotopic (exact) mass is 554 g/mol. The number of esters is 1. The van der Waals surface area contributed by atoms with Crippen molar-refractivity contribution in [2.45, 2.75) is 32.0 Å². The third-order valence-corrected chi connectivity index (χ3v) is 7.73. The SMILES string of the molecule is CCOc1ccc(-c2ccccc2NC2(c3ccc(NC(CC)c4ccccc4)cc3)OC(=O)c3ccccc32)cc1. The Morgan fingerprint density at radius 3 is 2.12 bits per heavy atom. The molecule has 5 nitrogen and oxygen atoms in total. The predicted octanol–water partition coefficient (Wildman–Crippen LogP) is 8.80. The Morgan fingerprint density at radius 1 is 0.738 bits per heavy atom. The van der Waals surface area contributed by atoms with Gasteiger partial charge in [-0.05, 0) is 60.9 Å². The van der Waals surface area contributed by atoms with E-state index in [2.05, 4.69) is 60.0 Å². The van der Waals surface area contributed by atoms with E-state index in [4.69, 9.17) is 9.47 Å². The number of rotatable bonds is 10. The van der Waals surface area contributed by atoms with Gasteiger partial charge in [-0.1, -0.05) is 97.9 Å². The van der Waals surface area contributed by atoms with Gasteiger partial charge in [0.25, 0.3) is 0 Å². The van der Waals surface area contributed by atoms with E-state index in [1.807, 2.05) is 91.9 Å². The van der Waals surface area contributed by atoms with Crippen LogP contribution >= 0.6 is 0 Å². The first-order valence-electron chi connectivity index (χ1n) is 14.5. The molecular weight excluding hydrogens is 520 g/mol. The zero-order valence-electron chi connectivity index (χ0n) is 23.8. The molecule has 5 aromatic carbocycles. The summed E-state index contributed by atoms with van der Waals surface area (Å²) in [6.07, 6.45) is 0.949. The molecule has 1 heterocycles. The zero-order chi connectivity index (χ0) is 28.9. The maximum Gasteiger partial charge on any atom is 0.341 e. The number of nitrogens with one attached hydrogen (secondary N) is 2. The lowest BCUT2D eigenvalue weighted by atomic mass is 9.91. The molecule has 0 bridgehead atoms. The topological polar surface area (TPSA) is 59.6 Å². The molecule has 0 radical (unpaired) electrons. The Balaban J connectivity index is 1.38. The number of hydrogen-bond donors (Lipinski definition) is 2. The lowest BCUT2D eigenvalue weighted by molar-refractivity contribution is 0.0213. The van der Waals surface area contributed by atoms with Gasteiger partial charge in [-0.3, -0.25) is 0 Å². The highest BCUT2D eigenvalue weighted by Crippen LogP contribution is 2.44. The molecule has 0 spiro atoms. The Morgan fingerprint density at radius 2 is 1.40 bits per heavy atom. The van der Waals surface area contributed by atoms with Gasteiger partial charge >= 0.3 is 5.97 Å². The molecule has 0 saturated heterocycles. The predicted molar refractivity (Wildman–Crippen MR) is 169 cm³/mol. The van der Waals surface area contributed by atoms with Crippen molar-refractivity contribution in [3.8, 4) is 16.9 Å². The van der Waals surface area contributed by atoms with Crippen molar-refractivity contribution in [1.82, 2.24) is 0 Å². The number of para-hydroxylation sites is 1. The van der Waals surface area contributed by atoms with Crippen molar-refractivity contribution in [2.75, 3.05) is 17.2 Å². The van der Waals surface area contributed by atoms with E-state index in [0.717, 1.165) is 45.8 Å². The molecule has 0 amide bonds. The molecule has 0 saturated carbocycles. The van der Waals surface area contributed by atoms with Crippen LogP contribution in [0.1, 0.15) is 53.4 Å². The number of anilines is 2. The summed E-state index contributed by atoms with van der Waals surface area (Å²) in [5.41, 5.74) is 6.09. The van der Waals surface area contributed by atoms with Gasteiger partial charge in [-0.25, -0.2) is 4.79 Å². The van der Waals surface area contributed by atoms with E-state index in [1.54, 1.807) is 0 Å². The average Bonchev–Trinajstić information content (AvgIpc) is 3.33. The molecule has 42 heavy (non-hydrogen) atoms. The van der Waals surface area contributed by atoms with Crippen LogP contribution in [0, 0.1) is 0 Å². The number of carbonyl (C=O) groups is 1. The standard InChI is InChI=1S/C37H34N2O3/c1-3-34(27-12-6-5-7-13-27)38-29-22-20-28(21-23-29)37(33-16-10-8-15-32(33)36(40)42-37)39-35-17-11-9-14-31(35)26-18-24-30(25-19-26)41-4-2/h5-25,34,38-39H,3-4H2,1-2H3. The fourth-order valence-electron chi connectivity index (χ4n) is 5.64. The third kappa shape index (κ3) is 5.21. The van der Waals surface area contributed by atoms with Crippen molar-refractivity contribution >= 4 is 17.3 Å². The smallest absolute Gasteiger partial charge is 0.341 e. The summed E-state index contributed by atoms with van der Waals surface area (Å²) in [5, 5.41) is 7.33. The fourth-order valence-corrected chi connectivity index (χ4v) is 5.64. The van der Waals surface area contributed by atoms with Crippen LogP contribution in [0.2, 0.25) is 0 Å². The minimum atomic E-state index is -1.20. The molecule has 1 aliphatic heterocycles. The number of ether oxygens (including phenoxy) is 2. The zero-order valence-corrected chi connectivity index (χ0v) is 23.8. The van der Waals surface area contributed by atoms with Crippen molar-refractivity contribution in [3.63, 3.8) is 0 Å². The second-order valence-electron chi connectivity index (χ2n) is 10.3. The van der Waals surface area contributed by atoms with Crippen molar-refractivity contribution in [3.05, 3.63) is 150 Å². The third-order valence-electron chi connectivity index (χ3n) is 7.73. The van der Waals surface area contributed by atoms with Crippen LogP contribution in [-0.2, 0) is 10.5 Å². The summed E-state index contributed by atoms with van der Waals surface area (Å²) in [5.74, 6) is 0.474. The number of cyclic esters (lactones) is 1.